The minimum atomic E-state index is -0.595. The maximum Gasteiger partial charge on any atom is 0.334 e. The number of hydrogen-bond donors (Lipinski definition) is 2. The molecule has 2 N–H and O–H groups in total. The lowest BCUT2D eigenvalue weighted by Gasteiger charge is -2.22. The molecule has 0 aliphatic rings. The molecule has 10 nitrogen and oxygen atoms in total. The molecule has 4 aromatic rings. The zero-order valence-electron chi connectivity index (χ0n) is 20.1. The maximum absolute atomic E-state index is 13.6. The van der Waals surface area contributed by atoms with E-state index in [1.807, 2.05) is 24.3 Å². The monoisotopic (exact) mass is 521 g/mol. The third-order valence-corrected chi connectivity index (χ3v) is 5.99. The van der Waals surface area contributed by atoms with E-state index in [1.165, 1.54) is 16.8 Å². The largest absolute Gasteiger partial charge is 0.465 e. The van der Waals surface area contributed by atoms with Gasteiger partial charge in [0.1, 0.15) is 12.2 Å². The van der Waals surface area contributed by atoms with Gasteiger partial charge in [-0.25, -0.2) is 4.98 Å². The molecule has 0 saturated heterocycles. The van der Waals surface area contributed by atoms with E-state index in [0.717, 1.165) is 0 Å². The lowest BCUT2D eigenvalue weighted by atomic mass is 10.1. The van der Waals surface area contributed by atoms with Crippen LogP contribution in [0.5, 0.6) is 0 Å². The van der Waals surface area contributed by atoms with Gasteiger partial charge in [0.05, 0.1) is 28.0 Å². The van der Waals surface area contributed by atoms with Crippen LogP contribution < -0.4 is 16.2 Å². The standard InChI is InChI=1S/C26H24ClN5O5/c1-3-37-22(33)15-29-20-12-13-28-25(24(20)32(35)36)30-16(2)21-14-17-8-7-11-19(27)23(17)26(34)31(21)18-9-5-4-6-10-18/h4-14,16H,3,15H2,1-2H3,(H2,28,29,30)/t16-/m0/s1. The van der Waals surface area contributed by atoms with Gasteiger partial charge in [-0.3, -0.25) is 24.3 Å². The number of benzene rings is 2. The summed E-state index contributed by atoms with van der Waals surface area (Å²) in [6, 6.07) is 16.9. The Labute approximate surface area is 217 Å². The Balaban J connectivity index is 1.79. The van der Waals surface area contributed by atoms with Crippen LogP contribution in [0, 0.1) is 10.1 Å². The first-order chi connectivity index (χ1) is 17.8. The van der Waals surface area contributed by atoms with E-state index >= 15 is 0 Å². The van der Waals surface area contributed by atoms with Crippen molar-refractivity contribution in [1.29, 1.82) is 0 Å². The molecule has 0 spiro atoms. The van der Waals surface area contributed by atoms with Crippen molar-refractivity contribution in [1.82, 2.24) is 9.55 Å². The predicted octanol–water partition coefficient (Wildman–Crippen LogP) is 5.10. The fraction of sp³-hybridized carbons (Fsp3) is 0.192. The molecule has 2 heterocycles. The SMILES string of the molecule is CCOC(=O)CNc1ccnc(N[C@@H](C)c2cc3cccc(Cl)c3c(=O)n2-c2ccccc2)c1[N+](=O)[O-]. The number of carbonyl (C=O) groups is 1. The van der Waals surface area contributed by atoms with E-state index in [0.29, 0.717) is 27.2 Å². The smallest absolute Gasteiger partial charge is 0.334 e. The number of esters is 1. The number of anilines is 2. The Morgan fingerprint density at radius 1 is 1.19 bits per heavy atom. The molecular weight excluding hydrogens is 498 g/mol. The third kappa shape index (κ3) is 5.39. The van der Waals surface area contributed by atoms with Crippen molar-refractivity contribution in [2.45, 2.75) is 19.9 Å². The van der Waals surface area contributed by atoms with Crippen LogP contribution >= 0.6 is 11.6 Å². The molecule has 0 bridgehead atoms. The molecule has 0 saturated carbocycles. The van der Waals surface area contributed by atoms with Crippen LogP contribution in [0.1, 0.15) is 25.6 Å². The Morgan fingerprint density at radius 3 is 2.65 bits per heavy atom. The highest BCUT2D eigenvalue weighted by molar-refractivity contribution is 6.35. The van der Waals surface area contributed by atoms with E-state index < -0.39 is 16.9 Å². The fourth-order valence-corrected chi connectivity index (χ4v) is 4.31. The van der Waals surface area contributed by atoms with Crippen molar-refractivity contribution in [2.24, 2.45) is 0 Å². The molecule has 0 aliphatic heterocycles. The second kappa shape index (κ2) is 11.1. The second-order valence-electron chi connectivity index (χ2n) is 8.09. The van der Waals surface area contributed by atoms with E-state index in [4.69, 9.17) is 16.3 Å². The number of nitrogens with one attached hydrogen (secondary N) is 2. The summed E-state index contributed by atoms with van der Waals surface area (Å²) >= 11 is 6.37. The number of ether oxygens (including phenoxy) is 1. The van der Waals surface area contributed by atoms with Crippen LogP contribution in [-0.2, 0) is 9.53 Å². The number of rotatable bonds is 9. The normalized spacial score (nSPS) is 11.6. The highest BCUT2D eigenvalue weighted by atomic mass is 35.5. The quantitative estimate of drug-likeness (QED) is 0.177. The molecule has 11 heteroatoms. The van der Waals surface area contributed by atoms with Gasteiger partial charge < -0.3 is 15.4 Å². The van der Waals surface area contributed by atoms with E-state index in [1.54, 1.807) is 44.2 Å². The van der Waals surface area contributed by atoms with Gasteiger partial charge in [-0.05, 0) is 49.6 Å². The van der Waals surface area contributed by atoms with Crippen LogP contribution in [0.2, 0.25) is 5.02 Å². The minimum absolute atomic E-state index is 0.0235. The summed E-state index contributed by atoms with van der Waals surface area (Å²) in [6.07, 6.45) is 1.39. The number of halogens is 1. The fourth-order valence-electron chi connectivity index (χ4n) is 4.05. The van der Waals surface area contributed by atoms with Crippen LogP contribution in [-0.4, -0.2) is 33.6 Å². The summed E-state index contributed by atoms with van der Waals surface area (Å²) in [6.45, 7) is 3.40. The van der Waals surface area contributed by atoms with Crippen LogP contribution in [0.3, 0.4) is 0 Å². The van der Waals surface area contributed by atoms with Gasteiger partial charge in [0, 0.05) is 17.6 Å². The topological polar surface area (TPSA) is 128 Å². The van der Waals surface area contributed by atoms with Crippen LogP contribution in [0.15, 0.2) is 71.7 Å². The summed E-state index contributed by atoms with van der Waals surface area (Å²) in [5, 5.41) is 19.1. The molecule has 190 valence electrons. The Hall–Kier alpha value is -4.44. The van der Waals surface area contributed by atoms with Crippen molar-refractivity contribution in [3.63, 3.8) is 0 Å². The van der Waals surface area contributed by atoms with E-state index in [9.17, 15) is 19.7 Å². The molecule has 37 heavy (non-hydrogen) atoms. The molecule has 0 aliphatic carbocycles. The van der Waals surface area contributed by atoms with Crippen molar-refractivity contribution < 1.29 is 14.5 Å². The lowest BCUT2D eigenvalue weighted by Crippen LogP contribution is -2.26. The number of nitro groups is 1. The van der Waals surface area contributed by atoms with Gasteiger partial charge in [0.25, 0.3) is 5.56 Å². The van der Waals surface area contributed by atoms with Crippen LogP contribution in [0.4, 0.5) is 17.2 Å². The second-order valence-corrected chi connectivity index (χ2v) is 8.49. The summed E-state index contributed by atoms with van der Waals surface area (Å²) in [5.74, 6) is -0.567. The highest BCUT2D eigenvalue weighted by Gasteiger charge is 2.25. The van der Waals surface area contributed by atoms with E-state index in [-0.39, 0.29) is 35.9 Å². The summed E-state index contributed by atoms with van der Waals surface area (Å²) in [7, 11) is 0. The number of para-hydroxylation sites is 1. The molecule has 2 aromatic carbocycles. The molecular formula is C26H24ClN5O5. The highest BCUT2D eigenvalue weighted by Crippen LogP contribution is 2.34. The molecule has 1 atom stereocenters. The van der Waals surface area contributed by atoms with E-state index in [2.05, 4.69) is 15.6 Å². The Kier molecular flexibility index (Phi) is 7.69. The number of hydrogen-bond acceptors (Lipinski definition) is 8. The summed E-state index contributed by atoms with van der Waals surface area (Å²) in [4.78, 5) is 41.0. The number of carbonyl (C=O) groups excluding carboxylic acids is 1. The maximum atomic E-state index is 13.6. The number of pyridine rings is 2. The van der Waals surface area contributed by atoms with Gasteiger partial charge in [-0.15, -0.1) is 0 Å². The average Bonchev–Trinajstić information content (AvgIpc) is 2.87. The zero-order chi connectivity index (χ0) is 26.5. The van der Waals surface area contributed by atoms with Crippen molar-refractivity contribution in [3.05, 3.63) is 98.0 Å². The molecule has 0 unspecified atom stereocenters. The predicted molar refractivity (Wildman–Crippen MR) is 143 cm³/mol. The van der Waals surface area contributed by atoms with Gasteiger partial charge in [-0.1, -0.05) is 41.9 Å². The first kappa shape index (κ1) is 25.6. The number of fused-ring (bicyclic) bond motifs is 1. The zero-order valence-corrected chi connectivity index (χ0v) is 20.9. The number of nitrogens with zero attached hydrogens (tertiary/aromatic N) is 3. The average molecular weight is 522 g/mol. The van der Waals surface area contributed by atoms with Gasteiger partial charge in [0.15, 0.2) is 0 Å². The molecule has 0 amide bonds. The summed E-state index contributed by atoms with van der Waals surface area (Å²) in [5.41, 5.74) is 0.618. The first-order valence-corrected chi connectivity index (χ1v) is 11.9. The summed E-state index contributed by atoms with van der Waals surface area (Å²) < 4.78 is 6.41. The first-order valence-electron chi connectivity index (χ1n) is 11.5. The van der Waals surface area contributed by atoms with Crippen LogP contribution in [0.25, 0.3) is 16.5 Å². The number of aromatic nitrogens is 2. The van der Waals surface area contributed by atoms with Crippen molar-refractivity contribution >= 4 is 45.5 Å². The van der Waals surface area contributed by atoms with Gasteiger partial charge in [-0.2, -0.15) is 0 Å². The van der Waals surface area contributed by atoms with Gasteiger partial charge in [0.2, 0.25) is 5.82 Å². The Morgan fingerprint density at radius 2 is 1.95 bits per heavy atom. The molecule has 4 rings (SSSR count). The molecule has 2 aromatic heterocycles. The molecule has 0 fully saturated rings. The van der Waals surface area contributed by atoms with Crippen molar-refractivity contribution in [3.8, 4) is 5.69 Å². The lowest BCUT2D eigenvalue weighted by molar-refractivity contribution is -0.383. The van der Waals surface area contributed by atoms with Crippen molar-refractivity contribution in [2.75, 3.05) is 23.8 Å². The minimum Gasteiger partial charge on any atom is -0.465 e. The Bertz CT molecular complexity index is 1520. The molecule has 0 radical (unpaired) electrons. The third-order valence-electron chi connectivity index (χ3n) is 5.67. The van der Waals surface area contributed by atoms with Gasteiger partial charge >= 0.3 is 11.7 Å².